The van der Waals surface area contributed by atoms with Gasteiger partial charge in [0.1, 0.15) is 6.04 Å². The Hall–Kier alpha value is -1.62. The van der Waals surface area contributed by atoms with E-state index in [9.17, 15) is 4.79 Å². The topological polar surface area (TPSA) is 75.6 Å². The molecule has 0 unspecified atom stereocenters. The van der Waals surface area contributed by atoms with Crippen molar-refractivity contribution >= 4 is 34.6 Å². The predicted molar refractivity (Wildman–Crippen MR) is 79.3 cm³/mol. The first kappa shape index (κ1) is 13.8. The monoisotopic (exact) mass is 282 g/mol. The van der Waals surface area contributed by atoms with Crippen LogP contribution in [0.15, 0.2) is 12.1 Å². The molecule has 104 valence electrons. The van der Waals surface area contributed by atoms with Crippen LogP contribution < -0.4 is 16.4 Å². The van der Waals surface area contributed by atoms with Crippen molar-refractivity contribution in [2.24, 2.45) is 0 Å². The van der Waals surface area contributed by atoms with Crippen LogP contribution in [0.25, 0.3) is 0 Å². The maximum atomic E-state index is 12.2. The van der Waals surface area contributed by atoms with E-state index in [1.807, 2.05) is 4.90 Å². The largest absolute Gasteiger partial charge is 0.397 e. The van der Waals surface area contributed by atoms with Crippen LogP contribution in [0.1, 0.15) is 12.8 Å². The second kappa shape index (κ2) is 5.17. The number of nitrogens with zero attached hydrogens (tertiary/aromatic N) is 2. The van der Waals surface area contributed by atoms with Crippen LogP contribution in [-0.4, -0.2) is 37.5 Å². The van der Waals surface area contributed by atoms with Crippen molar-refractivity contribution in [1.82, 2.24) is 4.90 Å². The minimum Gasteiger partial charge on any atom is -0.397 e. The first-order valence-electron chi connectivity index (χ1n) is 6.24. The third kappa shape index (κ3) is 2.56. The van der Waals surface area contributed by atoms with Gasteiger partial charge < -0.3 is 21.3 Å². The number of hydrogen-bond donors (Lipinski definition) is 2. The summed E-state index contributed by atoms with van der Waals surface area (Å²) in [7, 11) is 3.52. The van der Waals surface area contributed by atoms with E-state index in [-0.39, 0.29) is 11.9 Å². The number of halogens is 1. The van der Waals surface area contributed by atoms with Gasteiger partial charge in [-0.15, -0.1) is 0 Å². The molecule has 1 heterocycles. The smallest absolute Gasteiger partial charge is 0.244 e. The molecule has 0 aromatic heterocycles. The van der Waals surface area contributed by atoms with E-state index in [0.717, 1.165) is 25.1 Å². The van der Waals surface area contributed by atoms with Crippen molar-refractivity contribution < 1.29 is 4.79 Å². The molecule has 1 fully saturated rings. The Labute approximate surface area is 118 Å². The number of benzene rings is 1. The molecule has 1 saturated heterocycles. The highest BCUT2D eigenvalue weighted by Crippen LogP contribution is 2.36. The lowest BCUT2D eigenvalue weighted by molar-refractivity contribution is -0.129. The van der Waals surface area contributed by atoms with Gasteiger partial charge in [0.05, 0.1) is 22.1 Å². The first-order chi connectivity index (χ1) is 8.91. The summed E-state index contributed by atoms with van der Waals surface area (Å²) < 4.78 is 0. The zero-order chi connectivity index (χ0) is 14.2. The van der Waals surface area contributed by atoms with E-state index in [0.29, 0.717) is 16.4 Å². The van der Waals surface area contributed by atoms with Crippen molar-refractivity contribution in [2.45, 2.75) is 18.9 Å². The molecule has 4 N–H and O–H groups in total. The van der Waals surface area contributed by atoms with E-state index in [2.05, 4.69) is 0 Å². The van der Waals surface area contributed by atoms with Crippen LogP contribution in [0.4, 0.5) is 17.1 Å². The molecule has 1 aromatic carbocycles. The molecule has 1 aliphatic heterocycles. The minimum absolute atomic E-state index is 0.0870. The second-order valence-electron chi connectivity index (χ2n) is 5.02. The van der Waals surface area contributed by atoms with Gasteiger partial charge in [0.25, 0.3) is 0 Å². The lowest BCUT2D eigenvalue weighted by Gasteiger charge is -2.29. The third-order valence-corrected chi connectivity index (χ3v) is 3.74. The number of hydrogen-bond acceptors (Lipinski definition) is 4. The SMILES string of the molecule is CN(C)C(=O)[C@H]1CCCN1c1cc(N)c(N)cc1Cl. The van der Waals surface area contributed by atoms with Crippen molar-refractivity contribution in [3.8, 4) is 0 Å². The average Bonchev–Trinajstić information content (AvgIpc) is 2.81. The molecular weight excluding hydrogens is 264 g/mol. The number of nitrogens with two attached hydrogens (primary N) is 2. The second-order valence-corrected chi connectivity index (χ2v) is 5.42. The summed E-state index contributed by atoms with van der Waals surface area (Å²) in [5, 5.41) is 0.533. The van der Waals surface area contributed by atoms with Crippen LogP contribution in [0, 0.1) is 0 Å². The fourth-order valence-electron chi connectivity index (χ4n) is 2.42. The summed E-state index contributed by atoms with van der Waals surface area (Å²) in [6.07, 6.45) is 1.79. The molecule has 0 radical (unpaired) electrons. The van der Waals surface area contributed by atoms with Crippen LogP contribution in [0.3, 0.4) is 0 Å². The van der Waals surface area contributed by atoms with Crippen molar-refractivity contribution in [1.29, 1.82) is 0 Å². The number of likely N-dealkylation sites (N-methyl/N-ethyl adjacent to an activating group) is 1. The van der Waals surface area contributed by atoms with E-state index in [1.54, 1.807) is 31.1 Å². The normalized spacial score (nSPS) is 18.7. The number of amides is 1. The molecule has 1 aromatic rings. The Balaban J connectivity index is 2.35. The number of nitrogen functional groups attached to an aromatic ring is 2. The summed E-state index contributed by atoms with van der Waals surface area (Å²) in [5.41, 5.74) is 13.3. The average molecular weight is 283 g/mol. The van der Waals surface area contributed by atoms with E-state index in [4.69, 9.17) is 23.1 Å². The molecule has 6 heteroatoms. The lowest BCUT2D eigenvalue weighted by atomic mass is 10.1. The Morgan fingerprint density at radius 2 is 2.00 bits per heavy atom. The van der Waals surface area contributed by atoms with Crippen LogP contribution in [-0.2, 0) is 4.79 Å². The number of carbonyl (C=O) groups is 1. The Kier molecular flexibility index (Phi) is 3.75. The fraction of sp³-hybridized carbons (Fsp3) is 0.462. The van der Waals surface area contributed by atoms with E-state index in [1.165, 1.54) is 0 Å². The minimum atomic E-state index is -0.171. The highest BCUT2D eigenvalue weighted by molar-refractivity contribution is 6.33. The molecule has 0 saturated carbocycles. The maximum Gasteiger partial charge on any atom is 0.244 e. The Morgan fingerprint density at radius 1 is 1.37 bits per heavy atom. The Morgan fingerprint density at radius 3 is 2.63 bits per heavy atom. The van der Waals surface area contributed by atoms with Gasteiger partial charge in [0.15, 0.2) is 0 Å². The van der Waals surface area contributed by atoms with Gasteiger partial charge in [-0.05, 0) is 25.0 Å². The number of anilines is 3. The third-order valence-electron chi connectivity index (χ3n) is 3.44. The molecular formula is C13H19ClN4O. The van der Waals surface area contributed by atoms with Gasteiger partial charge in [-0.25, -0.2) is 0 Å². The van der Waals surface area contributed by atoms with Gasteiger partial charge in [0.2, 0.25) is 5.91 Å². The van der Waals surface area contributed by atoms with Crippen LogP contribution in [0.5, 0.6) is 0 Å². The molecule has 1 atom stereocenters. The quantitative estimate of drug-likeness (QED) is 0.807. The Bertz CT molecular complexity index is 504. The molecule has 0 aliphatic carbocycles. The fourth-order valence-corrected chi connectivity index (χ4v) is 2.70. The number of rotatable bonds is 2. The van der Waals surface area contributed by atoms with Crippen molar-refractivity contribution in [2.75, 3.05) is 37.0 Å². The van der Waals surface area contributed by atoms with Gasteiger partial charge in [-0.3, -0.25) is 4.79 Å². The summed E-state index contributed by atoms with van der Waals surface area (Å²) >= 11 is 6.23. The zero-order valence-corrected chi connectivity index (χ0v) is 11.9. The highest BCUT2D eigenvalue weighted by Gasteiger charge is 2.33. The molecule has 0 spiro atoms. The van der Waals surface area contributed by atoms with Crippen LogP contribution in [0.2, 0.25) is 5.02 Å². The lowest BCUT2D eigenvalue weighted by Crippen LogP contribution is -2.42. The van der Waals surface area contributed by atoms with Gasteiger partial charge in [0, 0.05) is 20.6 Å². The predicted octanol–water partition coefficient (Wildman–Crippen LogP) is 1.56. The molecule has 19 heavy (non-hydrogen) atoms. The summed E-state index contributed by atoms with van der Waals surface area (Å²) in [4.78, 5) is 15.8. The number of carbonyl (C=O) groups excluding carboxylic acids is 1. The summed E-state index contributed by atoms with van der Waals surface area (Å²) in [6, 6.07) is 3.22. The molecule has 1 amide bonds. The van der Waals surface area contributed by atoms with E-state index >= 15 is 0 Å². The summed E-state index contributed by atoms with van der Waals surface area (Å²) in [6.45, 7) is 0.799. The van der Waals surface area contributed by atoms with Gasteiger partial charge in [-0.1, -0.05) is 11.6 Å². The highest BCUT2D eigenvalue weighted by atomic mass is 35.5. The summed E-state index contributed by atoms with van der Waals surface area (Å²) in [5.74, 6) is 0.0870. The van der Waals surface area contributed by atoms with Gasteiger partial charge in [-0.2, -0.15) is 0 Å². The molecule has 5 nitrogen and oxygen atoms in total. The molecule has 0 bridgehead atoms. The van der Waals surface area contributed by atoms with E-state index < -0.39 is 0 Å². The van der Waals surface area contributed by atoms with Gasteiger partial charge >= 0.3 is 0 Å². The van der Waals surface area contributed by atoms with Crippen molar-refractivity contribution in [3.05, 3.63) is 17.2 Å². The van der Waals surface area contributed by atoms with Crippen molar-refractivity contribution in [3.63, 3.8) is 0 Å². The molecule has 2 rings (SSSR count). The zero-order valence-electron chi connectivity index (χ0n) is 11.2. The standard InChI is InChI=1S/C13H19ClN4O/c1-17(2)13(19)11-4-3-5-18(11)12-7-10(16)9(15)6-8(12)14/h6-7,11H,3-5,15-16H2,1-2H3/t11-/m1/s1. The first-order valence-corrected chi connectivity index (χ1v) is 6.62. The maximum absolute atomic E-state index is 12.2. The van der Waals surface area contributed by atoms with Crippen LogP contribution >= 0.6 is 11.6 Å². The molecule has 1 aliphatic rings.